The molecule has 1 amide bonds. The molecule has 1 aromatic carbocycles. The van der Waals surface area contributed by atoms with Crippen LogP contribution in [0.4, 0.5) is 0 Å². The van der Waals surface area contributed by atoms with Gasteiger partial charge in [0.15, 0.2) is 5.96 Å². The minimum absolute atomic E-state index is 0.123. The SMILES string of the molecule is CCNC(=NCC(=O)N1CCC(Cc2ccccc2)CC1)NCCCOCC1CC1. The van der Waals surface area contributed by atoms with E-state index in [1.54, 1.807) is 0 Å². The van der Waals surface area contributed by atoms with E-state index in [1.165, 1.54) is 18.4 Å². The van der Waals surface area contributed by atoms with Gasteiger partial charge in [-0.25, -0.2) is 4.99 Å². The molecule has 2 aliphatic rings. The Balaban J connectivity index is 1.32. The number of piperidine rings is 1. The molecule has 1 saturated heterocycles. The van der Waals surface area contributed by atoms with Gasteiger partial charge in [-0.2, -0.15) is 0 Å². The average molecular weight is 415 g/mol. The van der Waals surface area contributed by atoms with Crippen LogP contribution in [0.2, 0.25) is 0 Å². The zero-order valence-electron chi connectivity index (χ0n) is 18.4. The van der Waals surface area contributed by atoms with E-state index in [2.05, 4.69) is 46.0 Å². The first-order chi connectivity index (χ1) is 14.7. The molecule has 0 unspecified atom stereocenters. The van der Waals surface area contributed by atoms with E-state index < -0.39 is 0 Å². The summed E-state index contributed by atoms with van der Waals surface area (Å²) in [6, 6.07) is 10.7. The molecule has 3 rings (SSSR count). The van der Waals surface area contributed by atoms with Gasteiger partial charge in [-0.1, -0.05) is 30.3 Å². The number of nitrogens with one attached hydrogen (secondary N) is 2. The number of carbonyl (C=O) groups is 1. The molecule has 166 valence electrons. The van der Waals surface area contributed by atoms with Crippen LogP contribution in [0.5, 0.6) is 0 Å². The Bertz CT molecular complexity index is 652. The van der Waals surface area contributed by atoms with E-state index in [4.69, 9.17) is 4.74 Å². The Hall–Kier alpha value is -2.08. The largest absolute Gasteiger partial charge is 0.381 e. The van der Waals surface area contributed by atoms with Crippen molar-refractivity contribution in [1.29, 1.82) is 0 Å². The summed E-state index contributed by atoms with van der Waals surface area (Å²) in [7, 11) is 0. The summed E-state index contributed by atoms with van der Waals surface area (Å²) in [5, 5.41) is 6.53. The van der Waals surface area contributed by atoms with Gasteiger partial charge in [0.2, 0.25) is 5.91 Å². The molecular weight excluding hydrogens is 376 g/mol. The fraction of sp³-hybridized carbons (Fsp3) is 0.667. The molecule has 1 saturated carbocycles. The summed E-state index contributed by atoms with van der Waals surface area (Å²) in [5.41, 5.74) is 1.39. The van der Waals surface area contributed by atoms with Crippen LogP contribution in [0, 0.1) is 11.8 Å². The molecule has 1 aromatic rings. The van der Waals surface area contributed by atoms with Crippen LogP contribution < -0.4 is 10.6 Å². The summed E-state index contributed by atoms with van der Waals surface area (Å²) in [5.74, 6) is 2.32. The minimum Gasteiger partial charge on any atom is -0.381 e. The Morgan fingerprint density at radius 3 is 2.57 bits per heavy atom. The van der Waals surface area contributed by atoms with Crippen LogP contribution in [0.3, 0.4) is 0 Å². The quantitative estimate of drug-likeness (QED) is 0.332. The smallest absolute Gasteiger partial charge is 0.244 e. The first-order valence-electron chi connectivity index (χ1n) is 11.7. The van der Waals surface area contributed by atoms with Crippen molar-refractivity contribution >= 4 is 11.9 Å². The van der Waals surface area contributed by atoms with Crippen LogP contribution in [0.1, 0.15) is 44.6 Å². The van der Waals surface area contributed by atoms with Crippen molar-refractivity contribution in [3.63, 3.8) is 0 Å². The lowest BCUT2D eigenvalue weighted by Crippen LogP contribution is -2.42. The van der Waals surface area contributed by atoms with Crippen molar-refractivity contribution in [3.8, 4) is 0 Å². The van der Waals surface area contributed by atoms with Gasteiger partial charge in [-0.3, -0.25) is 4.79 Å². The zero-order chi connectivity index (χ0) is 21.0. The Morgan fingerprint density at radius 2 is 1.87 bits per heavy atom. The first kappa shape index (κ1) is 22.6. The molecule has 1 heterocycles. The molecule has 0 spiro atoms. The molecule has 6 nitrogen and oxygen atoms in total. The van der Waals surface area contributed by atoms with Crippen LogP contribution in [-0.2, 0) is 16.0 Å². The van der Waals surface area contributed by atoms with E-state index in [0.717, 1.165) is 71.0 Å². The molecule has 2 fully saturated rings. The molecule has 0 aromatic heterocycles. The van der Waals surface area contributed by atoms with Gasteiger partial charge in [-0.15, -0.1) is 0 Å². The number of nitrogens with zero attached hydrogens (tertiary/aromatic N) is 2. The van der Waals surface area contributed by atoms with Crippen LogP contribution >= 0.6 is 0 Å². The van der Waals surface area contributed by atoms with E-state index in [0.29, 0.717) is 11.9 Å². The summed E-state index contributed by atoms with van der Waals surface area (Å²) >= 11 is 0. The number of guanidine groups is 1. The lowest BCUT2D eigenvalue weighted by molar-refractivity contribution is -0.130. The van der Waals surface area contributed by atoms with Gasteiger partial charge < -0.3 is 20.3 Å². The van der Waals surface area contributed by atoms with Crippen LogP contribution in [0.15, 0.2) is 35.3 Å². The normalized spacial score (nSPS) is 17.8. The number of rotatable bonds is 11. The number of aliphatic imine (C=N–C) groups is 1. The molecule has 0 atom stereocenters. The monoisotopic (exact) mass is 414 g/mol. The molecule has 0 bridgehead atoms. The Kier molecular flexibility index (Phi) is 9.48. The molecule has 0 radical (unpaired) electrons. The molecule has 2 N–H and O–H groups in total. The third-order valence-corrected chi connectivity index (χ3v) is 5.86. The summed E-state index contributed by atoms with van der Waals surface area (Å²) in [6.45, 7) is 7.19. The van der Waals surface area contributed by atoms with Crippen molar-refractivity contribution < 1.29 is 9.53 Å². The van der Waals surface area contributed by atoms with Gasteiger partial charge in [0, 0.05) is 39.4 Å². The number of ether oxygens (including phenoxy) is 1. The molecular formula is C24H38N4O2. The number of hydrogen-bond acceptors (Lipinski definition) is 3. The van der Waals surface area contributed by atoms with Crippen molar-refractivity contribution in [3.05, 3.63) is 35.9 Å². The molecule has 1 aliphatic carbocycles. The maximum absolute atomic E-state index is 12.6. The van der Waals surface area contributed by atoms with Crippen LogP contribution in [-0.4, -0.2) is 62.7 Å². The lowest BCUT2D eigenvalue weighted by Gasteiger charge is -2.32. The third-order valence-electron chi connectivity index (χ3n) is 5.86. The Labute approximate surface area is 181 Å². The highest BCUT2D eigenvalue weighted by atomic mass is 16.5. The summed E-state index contributed by atoms with van der Waals surface area (Å²) in [6.07, 6.45) is 6.86. The highest BCUT2D eigenvalue weighted by Gasteiger charge is 2.23. The number of carbonyl (C=O) groups excluding carboxylic acids is 1. The average Bonchev–Trinajstić information content (AvgIpc) is 3.60. The second-order valence-electron chi connectivity index (χ2n) is 8.51. The minimum atomic E-state index is 0.123. The predicted molar refractivity (Wildman–Crippen MR) is 122 cm³/mol. The van der Waals surface area contributed by atoms with Gasteiger partial charge in [0.25, 0.3) is 0 Å². The van der Waals surface area contributed by atoms with E-state index in [1.807, 2.05) is 11.8 Å². The standard InChI is InChI=1S/C24H38N4O2/c1-2-25-24(26-13-6-16-30-19-22-9-10-22)27-18-23(29)28-14-11-21(12-15-28)17-20-7-4-3-5-8-20/h3-5,7-8,21-22H,2,6,9-19H2,1H3,(H2,25,26,27). The van der Waals surface area contributed by atoms with Crippen LogP contribution in [0.25, 0.3) is 0 Å². The number of hydrogen-bond donors (Lipinski definition) is 2. The summed E-state index contributed by atoms with van der Waals surface area (Å²) < 4.78 is 5.66. The molecule has 30 heavy (non-hydrogen) atoms. The number of amides is 1. The van der Waals surface area contributed by atoms with Gasteiger partial charge in [-0.05, 0) is 62.8 Å². The fourth-order valence-corrected chi connectivity index (χ4v) is 3.84. The third kappa shape index (κ3) is 8.34. The van der Waals surface area contributed by atoms with Crippen molar-refractivity contribution in [1.82, 2.24) is 15.5 Å². The van der Waals surface area contributed by atoms with E-state index in [-0.39, 0.29) is 12.5 Å². The van der Waals surface area contributed by atoms with Gasteiger partial charge in [0.1, 0.15) is 6.54 Å². The zero-order valence-corrected chi connectivity index (χ0v) is 18.4. The summed E-state index contributed by atoms with van der Waals surface area (Å²) in [4.78, 5) is 19.1. The fourth-order valence-electron chi connectivity index (χ4n) is 3.84. The number of likely N-dealkylation sites (tertiary alicyclic amines) is 1. The van der Waals surface area contributed by atoms with E-state index in [9.17, 15) is 4.79 Å². The lowest BCUT2D eigenvalue weighted by atomic mass is 9.90. The van der Waals surface area contributed by atoms with Crippen molar-refractivity contribution in [2.24, 2.45) is 16.8 Å². The van der Waals surface area contributed by atoms with Gasteiger partial charge in [0.05, 0.1) is 0 Å². The maximum Gasteiger partial charge on any atom is 0.244 e. The van der Waals surface area contributed by atoms with E-state index >= 15 is 0 Å². The maximum atomic E-state index is 12.6. The topological polar surface area (TPSA) is 66.0 Å². The number of benzene rings is 1. The molecule has 1 aliphatic heterocycles. The second-order valence-corrected chi connectivity index (χ2v) is 8.51. The first-order valence-corrected chi connectivity index (χ1v) is 11.7. The highest BCUT2D eigenvalue weighted by molar-refractivity contribution is 5.85. The van der Waals surface area contributed by atoms with Crippen molar-refractivity contribution in [2.45, 2.75) is 45.4 Å². The second kappa shape index (κ2) is 12.6. The van der Waals surface area contributed by atoms with Crippen molar-refractivity contribution in [2.75, 3.05) is 45.9 Å². The highest BCUT2D eigenvalue weighted by Crippen LogP contribution is 2.28. The Morgan fingerprint density at radius 1 is 1.10 bits per heavy atom. The molecule has 6 heteroatoms. The van der Waals surface area contributed by atoms with Gasteiger partial charge >= 0.3 is 0 Å². The predicted octanol–water partition coefficient (Wildman–Crippen LogP) is 2.84.